The van der Waals surface area contributed by atoms with E-state index >= 15 is 0 Å². The molecule has 0 aliphatic heterocycles. The molecule has 7 heteroatoms. The summed E-state index contributed by atoms with van der Waals surface area (Å²) in [4.78, 5) is 11.4. The first-order valence-electron chi connectivity index (χ1n) is 10.4. The van der Waals surface area contributed by atoms with Crippen molar-refractivity contribution in [2.45, 2.75) is 64.2 Å². The zero-order valence-corrected chi connectivity index (χ0v) is 19.7. The van der Waals surface area contributed by atoms with Crippen molar-refractivity contribution >= 4 is 27.7 Å². The van der Waals surface area contributed by atoms with E-state index in [1.54, 1.807) is 24.3 Å². The van der Waals surface area contributed by atoms with Crippen LogP contribution in [-0.2, 0) is 14.8 Å². The summed E-state index contributed by atoms with van der Waals surface area (Å²) >= 11 is 0. The van der Waals surface area contributed by atoms with Gasteiger partial charge in [0.1, 0.15) is 0 Å². The van der Waals surface area contributed by atoms with E-state index in [1.165, 1.54) is 17.6 Å². The molecule has 0 fully saturated rings. The number of carbonyl (C=O) groups is 1. The highest BCUT2D eigenvalue weighted by atomic mass is 32.2. The number of hydroxylamine groups is 1. The number of anilines is 1. The molecule has 2 rings (SSSR count). The van der Waals surface area contributed by atoms with Crippen LogP contribution in [0.4, 0.5) is 5.69 Å². The predicted octanol–water partition coefficient (Wildman–Crippen LogP) is 5.38. The molecule has 1 amide bonds. The number of hydrogen-bond donors (Lipinski definition) is 3. The Morgan fingerprint density at radius 2 is 1.42 bits per heavy atom. The van der Waals surface area contributed by atoms with Gasteiger partial charge in [-0.3, -0.25) is 14.7 Å². The van der Waals surface area contributed by atoms with E-state index in [0.29, 0.717) is 22.1 Å². The molecule has 2 aromatic carbocycles. The van der Waals surface area contributed by atoms with E-state index < -0.39 is 15.9 Å². The minimum atomic E-state index is -3.81. The fourth-order valence-corrected chi connectivity index (χ4v) is 5.04. The van der Waals surface area contributed by atoms with Gasteiger partial charge in [-0.15, -0.1) is 0 Å². The van der Waals surface area contributed by atoms with Gasteiger partial charge in [-0.05, 0) is 58.2 Å². The second kappa shape index (κ2) is 10.1. The number of hydrogen-bond acceptors (Lipinski definition) is 4. The summed E-state index contributed by atoms with van der Waals surface area (Å²) in [7, 11) is -3.81. The molecule has 31 heavy (non-hydrogen) atoms. The van der Waals surface area contributed by atoms with Crippen molar-refractivity contribution in [2.24, 2.45) is 0 Å². The molecule has 0 heterocycles. The van der Waals surface area contributed by atoms with Crippen LogP contribution in [0, 0.1) is 0 Å². The topological polar surface area (TPSA) is 95.5 Å². The Labute approximate surface area is 185 Å². The van der Waals surface area contributed by atoms with Crippen LogP contribution in [0.5, 0.6) is 0 Å². The van der Waals surface area contributed by atoms with E-state index in [9.17, 15) is 13.2 Å². The zero-order chi connectivity index (χ0) is 23.3. The molecular formula is C24H32N2O4S. The largest absolute Gasteiger partial charge is 0.288 e. The lowest BCUT2D eigenvalue weighted by molar-refractivity contribution is -0.124. The normalized spacial score (nSPS) is 12.2. The summed E-state index contributed by atoms with van der Waals surface area (Å²) in [5.74, 6) is -0.244. The molecule has 0 saturated heterocycles. The van der Waals surface area contributed by atoms with Crippen LogP contribution in [0.2, 0.25) is 0 Å². The minimum absolute atomic E-state index is 0.0490. The first kappa shape index (κ1) is 24.6. The van der Waals surface area contributed by atoms with Gasteiger partial charge in [-0.2, -0.15) is 0 Å². The number of benzene rings is 2. The van der Waals surface area contributed by atoms with Gasteiger partial charge in [0.05, 0.1) is 4.90 Å². The molecule has 6 nitrogen and oxygen atoms in total. The lowest BCUT2D eigenvalue weighted by atomic mass is 9.89. The van der Waals surface area contributed by atoms with Crippen LogP contribution >= 0.6 is 0 Å². The highest BCUT2D eigenvalue weighted by molar-refractivity contribution is 7.92. The highest BCUT2D eigenvalue weighted by Gasteiger charge is 2.27. The summed E-state index contributed by atoms with van der Waals surface area (Å²) in [6.45, 7) is 12.2. The molecule has 3 N–H and O–H groups in total. The molecule has 0 aliphatic carbocycles. The van der Waals surface area contributed by atoms with E-state index in [4.69, 9.17) is 5.21 Å². The van der Waals surface area contributed by atoms with Crippen LogP contribution in [0.25, 0.3) is 6.08 Å². The van der Waals surface area contributed by atoms with Crippen molar-refractivity contribution in [3.63, 3.8) is 0 Å². The average molecular weight is 445 g/mol. The Kier molecular flexibility index (Phi) is 8.03. The molecule has 0 radical (unpaired) electrons. The second-order valence-electron chi connectivity index (χ2n) is 8.53. The summed E-state index contributed by atoms with van der Waals surface area (Å²) in [6, 6.07) is 10.7. The molecule has 0 saturated carbocycles. The minimum Gasteiger partial charge on any atom is -0.288 e. The predicted molar refractivity (Wildman–Crippen MR) is 125 cm³/mol. The van der Waals surface area contributed by atoms with Crippen LogP contribution in [0.1, 0.15) is 81.5 Å². The maximum Gasteiger partial charge on any atom is 0.267 e. The van der Waals surface area contributed by atoms with E-state index in [2.05, 4.69) is 18.6 Å². The third-order valence-electron chi connectivity index (χ3n) is 5.05. The second-order valence-corrected chi connectivity index (χ2v) is 10.1. The number of sulfonamides is 1. The lowest BCUT2D eigenvalue weighted by Crippen LogP contribution is -2.19. The number of nitrogens with one attached hydrogen (secondary N) is 2. The summed E-state index contributed by atoms with van der Waals surface area (Å²) in [6.07, 6.45) is 2.70. The summed E-state index contributed by atoms with van der Waals surface area (Å²) < 4.78 is 29.6. The first-order chi connectivity index (χ1) is 14.5. The lowest BCUT2D eigenvalue weighted by Gasteiger charge is -2.23. The van der Waals surface area contributed by atoms with Crippen LogP contribution < -0.4 is 10.2 Å². The number of carbonyl (C=O) groups excluding carboxylic acids is 1. The van der Waals surface area contributed by atoms with Gasteiger partial charge in [0, 0.05) is 11.8 Å². The Morgan fingerprint density at radius 3 is 1.84 bits per heavy atom. The molecule has 0 unspecified atom stereocenters. The van der Waals surface area contributed by atoms with Crippen molar-refractivity contribution in [1.82, 2.24) is 5.48 Å². The standard InChI is InChI=1S/C24H32N2O4S/c1-15(2)19-13-21(16(3)4)24(22(14-19)17(5)6)31(29,30)26-20-10-7-18(8-11-20)9-12-23(27)25-28/h7-17,26,28H,1-6H3,(H,25,27)/b12-9+. The van der Waals surface area contributed by atoms with E-state index in [-0.39, 0.29) is 11.8 Å². The van der Waals surface area contributed by atoms with Gasteiger partial charge in [-0.25, -0.2) is 13.9 Å². The van der Waals surface area contributed by atoms with Crippen LogP contribution in [-0.4, -0.2) is 19.5 Å². The maximum absolute atomic E-state index is 13.5. The molecular weight excluding hydrogens is 412 g/mol. The van der Waals surface area contributed by atoms with Crippen molar-refractivity contribution < 1.29 is 18.4 Å². The molecule has 2 aromatic rings. The summed E-state index contributed by atoms with van der Waals surface area (Å²) in [5.41, 5.74) is 5.41. The molecule has 0 aromatic heterocycles. The van der Waals surface area contributed by atoms with Crippen LogP contribution in [0.15, 0.2) is 47.4 Å². The van der Waals surface area contributed by atoms with E-state index in [1.807, 2.05) is 39.8 Å². The molecule has 0 bridgehead atoms. The Hall–Kier alpha value is -2.64. The van der Waals surface area contributed by atoms with Crippen molar-refractivity contribution in [2.75, 3.05) is 4.72 Å². The number of rotatable bonds is 8. The molecule has 0 atom stereocenters. The van der Waals surface area contributed by atoms with E-state index in [0.717, 1.165) is 16.7 Å². The third-order valence-corrected chi connectivity index (χ3v) is 6.56. The van der Waals surface area contributed by atoms with Gasteiger partial charge < -0.3 is 0 Å². The van der Waals surface area contributed by atoms with Crippen molar-refractivity contribution in [3.05, 3.63) is 64.7 Å². The SMILES string of the molecule is CC(C)c1cc(C(C)C)c(S(=O)(=O)Nc2ccc(/C=C/C(=O)NO)cc2)c(C(C)C)c1. The van der Waals surface area contributed by atoms with Gasteiger partial charge >= 0.3 is 0 Å². The first-order valence-corrected chi connectivity index (χ1v) is 11.9. The molecule has 0 aliphatic rings. The maximum atomic E-state index is 13.5. The third kappa shape index (κ3) is 6.18. The van der Waals surface area contributed by atoms with Gasteiger partial charge in [0.25, 0.3) is 15.9 Å². The fraction of sp³-hybridized carbons (Fsp3) is 0.375. The smallest absolute Gasteiger partial charge is 0.267 e. The fourth-order valence-electron chi connectivity index (χ4n) is 3.28. The van der Waals surface area contributed by atoms with Crippen molar-refractivity contribution in [3.8, 4) is 0 Å². The van der Waals surface area contributed by atoms with Gasteiger partial charge in [-0.1, -0.05) is 65.8 Å². The number of amides is 1. The average Bonchev–Trinajstić information content (AvgIpc) is 2.71. The Bertz CT molecular complexity index is 1020. The zero-order valence-electron chi connectivity index (χ0n) is 18.9. The molecule has 0 spiro atoms. The van der Waals surface area contributed by atoms with Gasteiger partial charge in [0.2, 0.25) is 0 Å². The van der Waals surface area contributed by atoms with Gasteiger partial charge in [0.15, 0.2) is 0 Å². The monoisotopic (exact) mass is 444 g/mol. The quantitative estimate of drug-likeness (QED) is 0.289. The van der Waals surface area contributed by atoms with Crippen molar-refractivity contribution in [1.29, 1.82) is 0 Å². The molecule has 168 valence electrons. The van der Waals surface area contributed by atoms with Crippen LogP contribution in [0.3, 0.4) is 0 Å². The Balaban J connectivity index is 2.47. The summed E-state index contributed by atoms with van der Waals surface area (Å²) in [5, 5.41) is 8.54. The Morgan fingerprint density at radius 1 is 0.903 bits per heavy atom. The highest BCUT2D eigenvalue weighted by Crippen LogP contribution is 2.36.